The van der Waals surface area contributed by atoms with Crippen molar-refractivity contribution < 1.29 is 0 Å². The van der Waals surface area contributed by atoms with Crippen LogP contribution in [0.1, 0.15) is 56.4 Å². The van der Waals surface area contributed by atoms with E-state index in [2.05, 4.69) is 30.1 Å². The van der Waals surface area contributed by atoms with Crippen LogP contribution in [-0.4, -0.2) is 28.6 Å². The van der Waals surface area contributed by atoms with Crippen LogP contribution in [0.5, 0.6) is 0 Å². The average Bonchev–Trinajstić information content (AvgIpc) is 3.06. The zero-order valence-corrected chi connectivity index (χ0v) is 14.0. The van der Waals surface area contributed by atoms with Gasteiger partial charge in [0.15, 0.2) is 0 Å². The van der Waals surface area contributed by atoms with E-state index in [0.29, 0.717) is 6.04 Å². The van der Waals surface area contributed by atoms with Gasteiger partial charge in [0.2, 0.25) is 0 Å². The lowest BCUT2D eigenvalue weighted by atomic mass is 10.0. The van der Waals surface area contributed by atoms with Crippen LogP contribution in [0.3, 0.4) is 0 Å². The summed E-state index contributed by atoms with van der Waals surface area (Å²) in [6, 6.07) is 2.78. The second-order valence-electron chi connectivity index (χ2n) is 6.67. The molecule has 1 N–H and O–H groups in total. The summed E-state index contributed by atoms with van der Waals surface area (Å²) in [5, 5.41) is 3.60. The molecule has 0 saturated heterocycles. The van der Waals surface area contributed by atoms with Crippen molar-refractivity contribution in [3.8, 4) is 0 Å². The molecule has 2 heterocycles. The molecule has 1 aromatic heterocycles. The zero-order chi connectivity index (χ0) is 15.5. The van der Waals surface area contributed by atoms with Gasteiger partial charge >= 0.3 is 0 Å². The van der Waals surface area contributed by atoms with Crippen LogP contribution < -0.4 is 10.9 Å². The third kappa shape index (κ3) is 3.13. The topological polar surface area (TPSA) is 37.3 Å². The number of aromatic nitrogens is 1. The van der Waals surface area contributed by atoms with Crippen molar-refractivity contribution in [2.75, 3.05) is 13.1 Å². The first-order chi connectivity index (χ1) is 10.7. The maximum absolute atomic E-state index is 12.7. The first-order valence-corrected chi connectivity index (χ1v) is 8.93. The Labute approximate surface area is 133 Å². The maximum atomic E-state index is 12.7. The van der Waals surface area contributed by atoms with Crippen molar-refractivity contribution in [3.63, 3.8) is 0 Å². The van der Waals surface area contributed by atoms with Crippen molar-refractivity contribution in [1.29, 1.82) is 0 Å². The molecule has 2 aliphatic rings. The Hall–Kier alpha value is -1.13. The molecule has 0 atom stereocenters. The largest absolute Gasteiger partial charge is 0.312 e. The Morgan fingerprint density at radius 1 is 1.23 bits per heavy atom. The van der Waals surface area contributed by atoms with Crippen molar-refractivity contribution in [2.45, 2.75) is 71.6 Å². The number of hydrogen-bond acceptors (Lipinski definition) is 3. The zero-order valence-electron chi connectivity index (χ0n) is 14.0. The third-order valence-electron chi connectivity index (χ3n) is 5.32. The van der Waals surface area contributed by atoms with E-state index in [0.717, 1.165) is 44.7 Å². The van der Waals surface area contributed by atoms with Gasteiger partial charge in [-0.25, -0.2) is 0 Å². The summed E-state index contributed by atoms with van der Waals surface area (Å²) in [6.45, 7) is 8.95. The van der Waals surface area contributed by atoms with Crippen molar-refractivity contribution in [1.82, 2.24) is 14.8 Å². The smallest absolute Gasteiger partial charge is 0.255 e. The minimum Gasteiger partial charge on any atom is -0.312 e. The van der Waals surface area contributed by atoms with E-state index in [4.69, 9.17) is 0 Å². The van der Waals surface area contributed by atoms with E-state index >= 15 is 0 Å². The van der Waals surface area contributed by atoms with Gasteiger partial charge in [0.1, 0.15) is 0 Å². The van der Waals surface area contributed by atoms with Crippen LogP contribution in [0.2, 0.25) is 0 Å². The first kappa shape index (κ1) is 15.8. The molecule has 4 heteroatoms. The summed E-state index contributed by atoms with van der Waals surface area (Å²) in [7, 11) is 0. The van der Waals surface area contributed by atoms with Gasteiger partial charge < -0.3 is 9.88 Å². The number of fused-ring (bicyclic) bond motifs is 1. The Kier molecular flexibility index (Phi) is 4.99. The molecule has 1 aromatic rings. The van der Waals surface area contributed by atoms with Crippen LogP contribution in [0.15, 0.2) is 10.9 Å². The molecule has 1 saturated carbocycles. The van der Waals surface area contributed by atoms with Crippen molar-refractivity contribution >= 4 is 0 Å². The Morgan fingerprint density at radius 3 is 2.68 bits per heavy atom. The summed E-state index contributed by atoms with van der Waals surface area (Å²) >= 11 is 0. The highest BCUT2D eigenvalue weighted by molar-refractivity contribution is 5.29. The van der Waals surface area contributed by atoms with E-state index in [-0.39, 0.29) is 5.56 Å². The predicted octanol–water partition coefficient (Wildman–Crippen LogP) is 2.28. The Morgan fingerprint density at radius 2 is 2.00 bits per heavy atom. The number of pyridine rings is 1. The van der Waals surface area contributed by atoms with Crippen LogP contribution in [0, 0.1) is 0 Å². The van der Waals surface area contributed by atoms with Crippen molar-refractivity contribution in [2.24, 2.45) is 0 Å². The number of likely N-dealkylation sites (N-methyl/N-ethyl adjacent to an activating group) is 1. The molecular weight excluding hydrogens is 274 g/mol. The normalized spacial score (nSPS) is 19.5. The van der Waals surface area contributed by atoms with Gasteiger partial charge in [0.05, 0.1) is 0 Å². The van der Waals surface area contributed by atoms with Crippen molar-refractivity contribution in [3.05, 3.63) is 33.2 Å². The van der Waals surface area contributed by atoms with Gasteiger partial charge in [-0.1, -0.05) is 19.8 Å². The third-order valence-corrected chi connectivity index (χ3v) is 5.32. The molecule has 0 unspecified atom stereocenters. The molecule has 1 aliphatic carbocycles. The van der Waals surface area contributed by atoms with Gasteiger partial charge in [0, 0.05) is 49.9 Å². The van der Waals surface area contributed by atoms with Gasteiger partial charge in [-0.05, 0) is 37.9 Å². The van der Waals surface area contributed by atoms with Crippen LogP contribution in [-0.2, 0) is 26.1 Å². The summed E-state index contributed by atoms with van der Waals surface area (Å²) in [5.74, 6) is 0. The molecule has 0 amide bonds. The fourth-order valence-electron chi connectivity index (χ4n) is 3.96. The second kappa shape index (κ2) is 6.97. The lowest BCUT2D eigenvalue weighted by Crippen LogP contribution is -2.38. The van der Waals surface area contributed by atoms with Crippen LogP contribution in [0.25, 0.3) is 0 Å². The highest BCUT2D eigenvalue weighted by atomic mass is 16.1. The standard InChI is InChI=1S/C18H29N3O/c1-3-20-10-9-17-15(13-20)11-14(18(22)21(17)4-2)12-19-16-7-5-6-8-16/h11,16,19H,3-10,12-13H2,1-2H3. The molecular formula is C18H29N3O. The molecule has 4 nitrogen and oxygen atoms in total. The van der Waals surface area contributed by atoms with E-state index in [1.165, 1.54) is 36.9 Å². The van der Waals surface area contributed by atoms with E-state index in [9.17, 15) is 4.79 Å². The fraction of sp³-hybridized carbons (Fsp3) is 0.722. The van der Waals surface area contributed by atoms with Gasteiger partial charge in [-0.15, -0.1) is 0 Å². The molecule has 0 bridgehead atoms. The summed E-state index contributed by atoms with van der Waals surface area (Å²) in [4.78, 5) is 15.2. The highest BCUT2D eigenvalue weighted by Gasteiger charge is 2.21. The SMILES string of the molecule is CCN1CCc2c(cc(CNC3CCCC3)c(=O)n2CC)C1. The van der Waals surface area contributed by atoms with Gasteiger partial charge in [-0.3, -0.25) is 9.69 Å². The lowest BCUT2D eigenvalue weighted by molar-refractivity contribution is 0.261. The lowest BCUT2D eigenvalue weighted by Gasteiger charge is -2.30. The van der Waals surface area contributed by atoms with E-state index in [1.807, 2.05) is 4.57 Å². The van der Waals surface area contributed by atoms with Crippen LogP contribution >= 0.6 is 0 Å². The predicted molar refractivity (Wildman–Crippen MR) is 90.1 cm³/mol. The molecule has 1 fully saturated rings. The molecule has 122 valence electrons. The number of nitrogens with zero attached hydrogens (tertiary/aromatic N) is 2. The minimum atomic E-state index is 0.219. The molecule has 0 spiro atoms. The molecule has 0 aromatic carbocycles. The number of rotatable bonds is 5. The maximum Gasteiger partial charge on any atom is 0.255 e. The molecule has 22 heavy (non-hydrogen) atoms. The first-order valence-electron chi connectivity index (χ1n) is 8.93. The fourth-order valence-corrected chi connectivity index (χ4v) is 3.96. The average molecular weight is 303 g/mol. The van der Waals surface area contributed by atoms with E-state index < -0.39 is 0 Å². The van der Waals surface area contributed by atoms with Gasteiger partial charge in [-0.2, -0.15) is 0 Å². The Balaban J connectivity index is 1.84. The second-order valence-corrected chi connectivity index (χ2v) is 6.67. The quantitative estimate of drug-likeness (QED) is 0.907. The summed E-state index contributed by atoms with van der Waals surface area (Å²) in [6.07, 6.45) is 6.18. The summed E-state index contributed by atoms with van der Waals surface area (Å²) < 4.78 is 2.01. The van der Waals surface area contributed by atoms with E-state index in [1.54, 1.807) is 0 Å². The monoisotopic (exact) mass is 303 g/mol. The Bertz CT molecular complexity index is 572. The molecule has 1 aliphatic heterocycles. The summed E-state index contributed by atoms with van der Waals surface area (Å²) in [5.41, 5.74) is 3.79. The number of nitrogens with one attached hydrogen (secondary N) is 1. The highest BCUT2D eigenvalue weighted by Crippen LogP contribution is 2.20. The minimum absolute atomic E-state index is 0.219. The molecule has 3 rings (SSSR count). The van der Waals surface area contributed by atoms with Crippen LogP contribution in [0.4, 0.5) is 0 Å². The molecule has 0 radical (unpaired) electrons. The number of hydrogen-bond donors (Lipinski definition) is 1. The van der Waals surface area contributed by atoms with Gasteiger partial charge in [0.25, 0.3) is 5.56 Å².